The first kappa shape index (κ1) is 12.9. The van der Waals surface area contributed by atoms with E-state index in [2.05, 4.69) is 0 Å². The minimum atomic E-state index is -1.06. The Morgan fingerprint density at radius 2 is 2.19 bits per heavy atom. The monoisotopic (exact) mass is 230 g/mol. The Morgan fingerprint density at radius 1 is 1.56 bits per heavy atom. The SMILES string of the molecule is CC(C)N(CC(=O)O)C(=O)C1(N)CCOC1. The molecule has 0 bridgehead atoms. The highest BCUT2D eigenvalue weighted by molar-refractivity contribution is 5.89. The van der Waals surface area contributed by atoms with Crippen molar-refractivity contribution in [1.82, 2.24) is 4.90 Å². The third-order valence-corrected chi connectivity index (χ3v) is 2.67. The highest BCUT2D eigenvalue weighted by Crippen LogP contribution is 2.19. The van der Waals surface area contributed by atoms with Crippen LogP contribution in [0.1, 0.15) is 20.3 Å². The van der Waals surface area contributed by atoms with Gasteiger partial charge in [-0.15, -0.1) is 0 Å². The molecule has 0 aromatic carbocycles. The maximum atomic E-state index is 12.1. The summed E-state index contributed by atoms with van der Waals surface area (Å²) in [5.74, 6) is -1.38. The third kappa shape index (κ3) is 2.70. The van der Waals surface area contributed by atoms with Crippen LogP contribution >= 0.6 is 0 Å². The summed E-state index contributed by atoms with van der Waals surface area (Å²) in [6.07, 6.45) is 0.439. The number of amides is 1. The number of carbonyl (C=O) groups is 2. The molecule has 1 unspecified atom stereocenters. The quantitative estimate of drug-likeness (QED) is 0.674. The van der Waals surface area contributed by atoms with Crippen molar-refractivity contribution in [2.24, 2.45) is 5.73 Å². The number of rotatable bonds is 4. The van der Waals surface area contributed by atoms with Crippen LogP contribution in [0.2, 0.25) is 0 Å². The second-order valence-corrected chi connectivity index (χ2v) is 4.38. The first-order valence-corrected chi connectivity index (χ1v) is 5.26. The van der Waals surface area contributed by atoms with Gasteiger partial charge in [0.05, 0.1) is 6.61 Å². The number of nitrogens with two attached hydrogens (primary N) is 1. The van der Waals surface area contributed by atoms with Crippen LogP contribution in [-0.2, 0) is 14.3 Å². The summed E-state index contributed by atoms with van der Waals surface area (Å²) in [5.41, 5.74) is 4.85. The first-order chi connectivity index (χ1) is 7.37. The number of carboxylic acid groups (broad SMARTS) is 1. The predicted molar refractivity (Wildman–Crippen MR) is 56.8 cm³/mol. The maximum absolute atomic E-state index is 12.1. The smallest absolute Gasteiger partial charge is 0.323 e. The van der Waals surface area contributed by atoms with E-state index in [0.29, 0.717) is 13.0 Å². The standard InChI is InChI=1S/C10H18N2O4/c1-7(2)12(5-8(13)14)9(15)10(11)3-4-16-6-10/h7H,3-6,11H2,1-2H3,(H,13,14). The van der Waals surface area contributed by atoms with Gasteiger partial charge in [-0.05, 0) is 20.3 Å². The van der Waals surface area contributed by atoms with Gasteiger partial charge < -0.3 is 20.5 Å². The van der Waals surface area contributed by atoms with Crippen LogP contribution in [0.3, 0.4) is 0 Å². The molecule has 0 saturated carbocycles. The van der Waals surface area contributed by atoms with Crippen LogP contribution in [0.25, 0.3) is 0 Å². The minimum absolute atomic E-state index is 0.161. The number of nitrogens with zero attached hydrogens (tertiary/aromatic N) is 1. The molecule has 1 aliphatic rings. The molecule has 0 aromatic heterocycles. The number of ether oxygens (including phenoxy) is 1. The fourth-order valence-corrected chi connectivity index (χ4v) is 1.67. The van der Waals surface area contributed by atoms with Gasteiger partial charge in [0.1, 0.15) is 12.1 Å². The van der Waals surface area contributed by atoms with Gasteiger partial charge in [-0.1, -0.05) is 0 Å². The largest absolute Gasteiger partial charge is 0.480 e. The van der Waals surface area contributed by atoms with E-state index in [4.69, 9.17) is 15.6 Å². The molecule has 0 radical (unpaired) electrons. The molecular weight excluding hydrogens is 212 g/mol. The lowest BCUT2D eigenvalue weighted by atomic mass is 9.97. The van der Waals surface area contributed by atoms with Gasteiger partial charge in [-0.2, -0.15) is 0 Å². The summed E-state index contributed by atoms with van der Waals surface area (Å²) in [7, 11) is 0. The summed E-state index contributed by atoms with van der Waals surface area (Å²) in [6.45, 7) is 3.81. The van der Waals surface area contributed by atoms with Crippen molar-refractivity contribution in [2.45, 2.75) is 31.8 Å². The van der Waals surface area contributed by atoms with E-state index < -0.39 is 11.5 Å². The second-order valence-electron chi connectivity index (χ2n) is 4.38. The lowest BCUT2D eigenvalue weighted by molar-refractivity contribution is -0.148. The van der Waals surface area contributed by atoms with Crippen LogP contribution in [0.4, 0.5) is 0 Å². The van der Waals surface area contributed by atoms with Gasteiger partial charge in [0.25, 0.3) is 0 Å². The van der Waals surface area contributed by atoms with E-state index in [-0.39, 0.29) is 25.1 Å². The van der Waals surface area contributed by atoms with Crippen molar-refractivity contribution < 1.29 is 19.4 Å². The minimum Gasteiger partial charge on any atom is -0.480 e. The van der Waals surface area contributed by atoms with E-state index in [1.807, 2.05) is 0 Å². The normalized spacial score (nSPS) is 24.8. The lowest BCUT2D eigenvalue weighted by Crippen LogP contribution is -2.58. The Balaban J connectivity index is 2.77. The maximum Gasteiger partial charge on any atom is 0.323 e. The van der Waals surface area contributed by atoms with Gasteiger partial charge in [-0.25, -0.2) is 0 Å². The molecule has 0 aromatic rings. The second kappa shape index (κ2) is 4.80. The summed E-state index contributed by atoms with van der Waals surface area (Å²) in [5, 5.41) is 8.74. The molecule has 1 aliphatic heterocycles. The molecule has 1 fully saturated rings. The fourth-order valence-electron chi connectivity index (χ4n) is 1.67. The van der Waals surface area contributed by atoms with E-state index in [0.717, 1.165) is 0 Å². The van der Waals surface area contributed by atoms with Crippen molar-refractivity contribution in [3.63, 3.8) is 0 Å². The zero-order chi connectivity index (χ0) is 12.3. The van der Waals surface area contributed by atoms with E-state index in [9.17, 15) is 9.59 Å². The van der Waals surface area contributed by atoms with Gasteiger partial charge >= 0.3 is 5.97 Å². The molecule has 1 rings (SSSR count). The molecule has 6 heteroatoms. The van der Waals surface area contributed by atoms with Crippen LogP contribution in [-0.4, -0.2) is 53.2 Å². The molecule has 1 atom stereocenters. The molecule has 0 aliphatic carbocycles. The molecule has 1 saturated heterocycles. The summed E-state index contributed by atoms with van der Waals surface area (Å²) >= 11 is 0. The Morgan fingerprint density at radius 3 is 2.56 bits per heavy atom. The molecule has 1 heterocycles. The van der Waals surface area contributed by atoms with Crippen LogP contribution in [0.15, 0.2) is 0 Å². The van der Waals surface area contributed by atoms with Crippen molar-refractivity contribution in [3.8, 4) is 0 Å². The predicted octanol–water partition coefficient (Wildman–Crippen LogP) is -0.574. The van der Waals surface area contributed by atoms with E-state index in [1.165, 1.54) is 4.90 Å². The van der Waals surface area contributed by atoms with Crippen molar-refractivity contribution in [1.29, 1.82) is 0 Å². The number of hydrogen-bond donors (Lipinski definition) is 2. The van der Waals surface area contributed by atoms with Crippen LogP contribution < -0.4 is 5.73 Å². The number of carbonyl (C=O) groups excluding carboxylic acids is 1. The van der Waals surface area contributed by atoms with Gasteiger partial charge in [-0.3, -0.25) is 9.59 Å². The highest BCUT2D eigenvalue weighted by atomic mass is 16.5. The summed E-state index contributed by atoms with van der Waals surface area (Å²) in [6, 6.07) is -0.190. The highest BCUT2D eigenvalue weighted by Gasteiger charge is 2.42. The lowest BCUT2D eigenvalue weighted by Gasteiger charge is -2.32. The number of carboxylic acids is 1. The van der Waals surface area contributed by atoms with Crippen LogP contribution in [0.5, 0.6) is 0 Å². The molecule has 3 N–H and O–H groups in total. The fraction of sp³-hybridized carbons (Fsp3) is 0.800. The average Bonchev–Trinajstić information content (AvgIpc) is 2.61. The van der Waals surface area contributed by atoms with E-state index in [1.54, 1.807) is 13.8 Å². The van der Waals surface area contributed by atoms with Gasteiger partial charge in [0.2, 0.25) is 5.91 Å². The zero-order valence-electron chi connectivity index (χ0n) is 9.60. The zero-order valence-corrected chi connectivity index (χ0v) is 9.60. The molecule has 6 nitrogen and oxygen atoms in total. The Kier molecular flexibility index (Phi) is 3.88. The number of aliphatic carboxylic acids is 1. The molecule has 0 spiro atoms. The molecular formula is C10H18N2O4. The molecule has 16 heavy (non-hydrogen) atoms. The summed E-state index contributed by atoms with van der Waals surface area (Å²) in [4.78, 5) is 24.0. The summed E-state index contributed by atoms with van der Waals surface area (Å²) < 4.78 is 5.10. The molecule has 92 valence electrons. The van der Waals surface area contributed by atoms with E-state index >= 15 is 0 Å². The van der Waals surface area contributed by atoms with Crippen molar-refractivity contribution in [2.75, 3.05) is 19.8 Å². The molecule has 1 amide bonds. The van der Waals surface area contributed by atoms with Crippen LogP contribution in [0, 0.1) is 0 Å². The van der Waals surface area contributed by atoms with Crippen molar-refractivity contribution >= 4 is 11.9 Å². The van der Waals surface area contributed by atoms with Gasteiger partial charge in [0, 0.05) is 12.6 Å². The average molecular weight is 230 g/mol. The Bertz CT molecular complexity index is 285. The van der Waals surface area contributed by atoms with Gasteiger partial charge in [0.15, 0.2) is 0 Å². The number of hydrogen-bond acceptors (Lipinski definition) is 4. The first-order valence-electron chi connectivity index (χ1n) is 5.26. The Labute approximate surface area is 94.3 Å². The topological polar surface area (TPSA) is 92.9 Å². The third-order valence-electron chi connectivity index (χ3n) is 2.67. The Hall–Kier alpha value is -1.14. The van der Waals surface area contributed by atoms with Crippen molar-refractivity contribution in [3.05, 3.63) is 0 Å².